The second-order valence-corrected chi connectivity index (χ2v) is 8.75. The topological polar surface area (TPSA) is 94.4 Å². The van der Waals surface area contributed by atoms with E-state index in [2.05, 4.69) is 25.2 Å². The van der Waals surface area contributed by atoms with Crippen LogP contribution in [0.3, 0.4) is 0 Å². The predicted molar refractivity (Wildman–Crippen MR) is 109 cm³/mol. The third-order valence-corrected chi connectivity index (χ3v) is 5.32. The number of ether oxygens (including phenoxy) is 2. The number of hydrogen-bond donors (Lipinski definition) is 1. The highest BCUT2D eigenvalue weighted by atomic mass is 16.6. The van der Waals surface area contributed by atoms with Gasteiger partial charge >= 0.3 is 6.09 Å². The summed E-state index contributed by atoms with van der Waals surface area (Å²) >= 11 is 0. The van der Waals surface area contributed by atoms with Crippen LogP contribution in [0.5, 0.6) is 0 Å². The van der Waals surface area contributed by atoms with Gasteiger partial charge in [0.1, 0.15) is 18.2 Å². The first-order chi connectivity index (χ1) is 13.9. The van der Waals surface area contributed by atoms with Crippen LogP contribution in [0.15, 0.2) is 12.7 Å². The Labute approximate surface area is 170 Å². The van der Waals surface area contributed by atoms with Crippen LogP contribution in [-0.4, -0.2) is 57.0 Å². The van der Waals surface area contributed by atoms with Crippen molar-refractivity contribution in [3.8, 4) is 0 Å². The van der Waals surface area contributed by atoms with Crippen LogP contribution in [0.2, 0.25) is 0 Å². The number of aromatic nitrogens is 4. The summed E-state index contributed by atoms with van der Waals surface area (Å²) in [5, 5.41) is 2.97. The lowest BCUT2D eigenvalue weighted by atomic mass is 10.1. The van der Waals surface area contributed by atoms with Gasteiger partial charge in [0.25, 0.3) is 0 Å². The van der Waals surface area contributed by atoms with Gasteiger partial charge in [0.15, 0.2) is 17.0 Å². The number of hydrogen-bond acceptors (Lipinski definition) is 7. The number of amides is 1. The normalized spacial score (nSPS) is 21.3. The maximum atomic E-state index is 12.0. The van der Waals surface area contributed by atoms with E-state index in [4.69, 9.17) is 9.47 Å². The van der Waals surface area contributed by atoms with Gasteiger partial charge < -0.3 is 19.7 Å². The number of anilines is 1. The van der Waals surface area contributed by atoms with Gasteiger partial charge in [-0.25, -0.2) is 19.7 Å². The van der Waals surface area contributed by atoms with E-state index in [1.165, 1.54) is 0 Å². The fourth-order valence-corrected chi connectivity index (χ4v) is 3.93. The summed E-state index contributed by atoms with van der Waals surface area (Å²) in [6.07, 6.45) is 7.96. The van der Waals surface area contributed by atoms with Crippen molar-refractivity contribution in [1.29, 1.82) is 0 Å². The maximum absolute atomic E-state index is 12.0. The third kappa shape index (κ3) is 4.60. The number of piperidine rings is 1. The minimum absolute atomic E-state index is 0.000245. The zero-order valence-corrected chi connectivity index (χ0v) is 17.4. The van der Waals surface area contributed by atoms with E-state index < -0.39 is 5.60 Å². The standard InChI is InChI=1S/C20H30N6O3/c1-20(2,3)29-19(27)24-14-7-9-25(10-8-14)17-16-18(22-12-21-17)26(13-23-16)15-6-4-5-11-28-15/h12-15H,4-11H2,1-3H3,(H,24,27). The van der Waals surface area contributed by atoms with Crippen LogP contribution >= 0.6 is 0 Å². The van der Waals surface area contributed by atoms with Gasteiger partial charge in [-0.05, 0) is 52.9 Å². The smallest absolute Gasteiger partial charge is 0.407 e. The number of alkyl carbamates (subject to hydrolysis) is 1. The van der Waals surface area contributed by atoms with Gasteiger partial charge in [-0.3, -0.25) is 4.57 Å². The first kappa shape index (κ1) is 19.9. The van der Waals surface area contributed by atoms with E-state index in [1.54, 1.807) is 6.33 Å². The molecule has 0 spiro atoms. The minimum Gasteiger partial charge on any atom is -0.444 e. The molecule has 158 valence electrons. The molecule has 2 aromatic rings. The Morgan fingerprint density at radius 1 is 1.17 bits per heavy atom. The summed E-state index contributed by atoms with van der Waals surface area (Å²) in [4.78, 5) is 27.8. The van der Waals surface area contributed by atoms with Crippen molar-refractivity contribution in [2.75, 3.05) is 24.6 Å². The van der Waals surface area contributed by atoms with Crippen LogP contribution in [0.1, 0.15) is 59.1 Å². The second kappa shape index (κ2) is 8.14. The summed E-state index contributed by atoms with van der Waals surface area (Å²) in [6.45, 7) is 7.96. The summed E-state index contributed by atoms with van der Waals surface area (Å²) in [5.74, 6) is 0.847. The second-order valence-electron chi connectivity index (χ2n) is 8.75. The van der Waals surface area contributed by atoms with Crippen molar-refractivity contribution in [2.45, 2.75) is 70.7 Å². The molecule has 2 aliphatic heterocycles. The largest absolute Gasteiger partial charge is 0.444 e. The molecule has 4 rings (SSSR count). The fourth-order valence-electron chi connectivity index (χ4n) is 3.93. The molecular weight excluding hydrogens is 372 g/mol. The summed E-state index contributed by atoms with van der Waals surface area (Å²) in [6, 6.07) is 0.103. The average Bonchev–Trinajstić information content (AvgIpc) is 3.12. The monoisotopic (exact) mass is 402 g/mol. The quantitative estimate of drug-likeness (QED) is 0.843. The minimum atomic E-state index is -0.488. The van der Waals surface area contributed by atoms with Gasteiger partial charge in [0, 0.05) is 25.7 Å². The zero-order chi connectivity index (χ0) is 20.4. The molecule has 1 atom stereocenters. The van der Waals surface area contributed by atoms with Crippen LogP contribution < -0.4 is 10.2 Å². The maximum Gasteiger partial charge on any atom is 0.407 e. The molecule has 0 bridgehead atoms. The molecule has 1 unspecified atom stereocenters. The van der Waals surface area contributed by atoms with E-state index >= 15 is 0 Å². The molecule has 29 heavy (non-hydrogen) atoms. The van der Waals surface area contributed by atoms with Crippen LogP contribution in [0.4, 0.5) is 10.6 Å². The number of imidazole rings is 1. The highest BCUT2D eigenvalue weighted by Gasteiger charge is 2.27. The van der Waals surface area contributed by atoms with E-state index in [0.29, 0.717) is 0 Å². The Balaban J connectivity index is 1.42. The zero-order valence-electron chi connectivity index (χ0n) is 17.4. The molecular formula is C20H30N6O3. The number of carbonyl (C=O) groups is 1. The first-order valence-electron chi connectivity index (χ1n) is 10.4. The molecule has 0 aliphatic carbocycles. The van der Waals surface area contributed by atoms with E-state index in [-0.39, 0.29) is 18.4 Å². The van der Waals surface area contributed by atoms with Gasteiger partial charge in [-0.1, -0.05) is 0 Å². The first-order valence-corrected chi connectivity index (χ1v) is 10.4. The number of nitrogens with one attached hydrogen (secondary N) is 1. The Morgan fingerprint density at radius 2 is 1.97 bits per heavy atom. The van der Waals surface area contributed by atoms with Gasteiger partial charge in [0.2, 0.25) is 0 Å². The molecule has 2 fully saturated rings. The third-order valence-electron chi connectivity index (χ3n) is 5.32. The van der Waals surface area contributed by atoms with Crippen LogP contribution in [0, 0.1) is 0 Å². The summed E-state index contributed by atoms with van der Waals surface area (Å²) in [7, 11) is 0. The molecule has 1 N–H and O–H groups in total. The molecule has 2 saturated heterocycles. The van der Waals surface area contributed by atoms with E-state index in [0.717, 1.165) is 68.8 Å². The molecule has 0 aromatic carbocycles. The molecule has 1 amide bonds. The highest BCUT2D eigenvalue weighted by molar-refractivity contribution is 5.83. The van der Waals surface area contributed by atoms with Crippen molar-refractivity contribution in [3.63, 3.8) is 0 Å². The van der Waals surface area contributed by atoms with Crippen molar-refractivity contribution in [1.82, 2.24) is 24.8 Å². The molecule has 4 heterocycles. The van der Waals surface area contributed by atoms with Crippen LogP contribution in [0.25, 0.3) is 11.2 Å². The fraction of sp³-hybridized carbons (Fsp3) is 0.700. The van der Waals surface area contributed by atoms with Crippen molar-refractivity contribution < 1.29 is 14.3 Å². The van der Waals surface area contributed by atoms with Crippen LogP contribution in [-0.2, 0) is 9.47 Å². The van der Waals surface area contributed by atoms with Gasteiger partial charge in [0.05, 0.1) is 6.33 Å². The Kier molecular flexibility index (Phi) is 5.58. The predicted octanol–water partition coefficient (Wildman–Crippen LogP) is 3.02. The average molecular weight is 402 g/mol. The lowest BCUT2D eigenvalue weighted by molar-refractivity contribution is -0.0298. The van der Waals surface area contributed by atoms with Gasteiger partial charge in [-0.2, -0.15) is 0 Å². The molecule has 2 aromatic heterocycles. The van der Waals surface area contributed by atoms with Crippen molar-refractivity contribution >= 4 is 23.1 Å². The number of carbonyl (C=O) groups excluding carboxylic acids is 1. The Morgan fingerprint density at radius 3 is 2.66 bits per heavy atom. The highest BCUT2D eigenvalue weighted by Crippen LogP contribution is 2.29. The van der Waals surface area contributed by atoms with Gasteiger partial charge in [-0.15, -0.1) is 0 Å². The molecule has 0 saturated carbocycles. The number of rotatable bonds is 3. The molecule has 2 aliphatic rings. The molecule has 9 nitrogen and oxygen atoms in total. The summed E-state index contributed by atoms with van der Waals surface area (Å²) in [5.41, 5.74) is 1.13. The SMILES string of the molecule is CC(C)(C)OC(=O)NC1CCN(c2ncnc3c2ncn3C2CCCCO2)CC1. The Bertz CT molecular complexity index is 848. The number of fused-ring (bicyclic) bond motifs is 1. The lowest BCUT2D eigenvalue weighted by Crippen LogP contribution is -2.46. The van der Waals surface area contributed by atoms with Crippen molar-refractivity contribution in [3.05, 3.63) is 12.7 Å². The number of nitrogens with zero attached hydrogens (tertiary/aromatic N) is 5. The summed E-state index contributed by atoms with van der Waals surface area (Å²) < 4.78 is 13.3. The lowest BCUT2D eigenvalue weighted by Gasteiger charge is -2.33. The Hall–Kier alpha value is -2.42. The van der Waals surface area contributed by atoms with Crippen molar-refractivity contribution in [2.24, 2.45) is 0 Å². The van der Waals surface area contributed by atoms with E-state index in [9.17, 15) is 4.79 Å². The van der Waals surface area contributed by atoms with E-state index in [1.807, 2.05) is 31.7 Å². The molecule has 9 heteroatoms. The molecule has 0 radical (unpaired) electrons.